The van der Waals surface area contributed by atoms with Gasteiger partial charge in [0.05, 0.1) is 12.7 Å². The summed E-state index contributed by atoms with van der Waals surface area (Å²) in [5, 5.41) is 0. The fraction of sp³-hybridized carbons (Fsp3) is 0.0714. The minimum atomic E-state index is -0.331. The second kappa shape index (κ2) is 5.72. The van der Waals surface area contributed by atoms with E-state index in [2.05, 4.69) is 14.7 Å². The van der Waals surface area contributed by atoms with E-state index in [9.17, 15) is 4.79 Å². The van der Waals surface area contributed by atoms with E-state index in [1.807, 2.05) is 24.3 Å². The van der Waals surface area contributed by atoms with Gasteiger partial charge in [0.1, 0.15) is 6.33 Å². The summed E-state index contributed by atoms with van der Waals surface area (Å²) in [5.74, 6) is -0.331. The maximum absolute atomic E-state index is 11.2. The molecule has 0 aliphatic rings. The molecule has 90 valence electrons. The highest BCUT2D eigenvalue weighted by Crippen LogP contribution is 2.09. The fourth-order valence-corrected chi connectivity index (χ4v) is 1.44. The molecule has 0 aliphatic heterocycles. The highest BCUT2D eigenvalue weighted by atomic mass is 16.5. The summed E-state index contributed by atoms with van der Waals surface area (Å²) < 4.78 is 4.63. The van der Waals surface area contributed by atoms with Crippen molar-refractivity contribution in [2.45, 2.75) is 0 Å². The summed E-state index contributed by atoms with van der Waals surface area (Å²) in [5.41, 5.74) is 2.46. The molecule has 0 amide bonds. The third-order valence-corrected chi connectivity index (χ3v) is 2.38. The summed E-state index contributed by atoms with van der Waals surface area (Å²) in [6.45, 7) is 0. The summed E-state index contributed by atoms with van der Waals surface area (Å²) >= 11 is 0. The van der Waals surface area contributed by atoms with Gasteiger partial charge in [0.15, 0.2) is 0 Å². The number of aromatic nitrogens is 2. The number of hydrogen-bond donors (Lipinski definition) is 0. The van der Waals surface area contributed by atoms with Gasteiger partial charge in [-0.2, -0.15) is 0 Å². The Labute approximate surface area is 105 Å². The topological polar surface area (TPSA) is 52.1 Å². The number of methoxy groups -OCH3 is 1. The van der Waals surface area contributed by atoms with Gasteiger partial charge >= 0.3 is 5.97 Å². The monoisotopic (exact) mass is 240 g/mol. The second-order valence-corrected chi connectivity index (χ2v) is 3.62. The van der Waals surface area contributed by atoms with Gasteiger partial charge in [-0.3, -0.25) is 0 Å². The van der Waals surface area contributed by atoms with Gasteiger partial charge in [0, 0.05) is 18.0 Å². The molecule has 18 heavy (non-hydrogen) atoms. The van der Waals surface area contributed by atoms with E-state index in [0.29, 0.717) is 5.56 Å². The van der Waals surface area contributed by atoms with E-state index in [1.54, 1.807) is 24.5 Å². The lowest BCUT2D eigenvalue weighted by molar-refractivity contribution is 0.0601. The summed E-state index contributed by atoms with van der Waals surface area (Å²) in [7, 11) is 1.37. The highest BCUT2D eigenvalue weighted by molar-refractivity contribution is 5.89. The first kappa shape index (κ1) is 12.0. The van der Waals surface area contributed by atoms with Gasteiger partial charge in [-0.05, 0) is 17.7 Å². The van der Waals surface area contributed by atoms with Gasteiger partial charge in [-0.1, -0.05) is 24.3 Å². The van der Waals surface area contributed by atoms with Gasteiger partial charge in [0.2, 0.25) is 0 Å². The molecule has 0 saturated carbocycles. The van der Waals surface area contributed by atoms with Gasteiger partial charge in [-0.15, -0.1) is 0 Å². The van der Waals surface area contributed by atoms with Crippen LogP contribution in [0, 0.1) is 0 Å². The summed E-state index contributed by atoms with van der Waals surface area (Å²) in [6.07, 6.45) is 8.79. The average molecular weight is 240 g/mol. The smallest absolute Gasteiger partial charge is 0.337 e. The van der Waals surface area contributed by atoms with Crippen molar-refractivity contribution in [3.05, 3.63) is 59.7 Å². The first-order valence-electron chi connectivity index (χ1n) is 5.41. The van der Waals surface area contributed by atoms with Gasteiger partial charge < -0.3 is 4.74 Å². The lowest BCUT2D eigenvalue weighted by Gasteiger charge is -1.99. The summed E-state index contributed by atoms with van der Waals surface area (Å²) in [6, 6.07) is 7.17. The van der Waals surface area contributed by atoms with Crippen LogP contribution in [0.4, 0.5) is 0 Å². The molecule has 1 heterocycles. The zero-order valence-corrected chi connectivity index (χ0v) is 9.91. The van der Waals surface area contributed by atoms with Crippen LogP contribution in [0.3, 0.4) is 0 Å². The first-order chi connectivity index (χ1) is 8.79. The quantitative estimate of drug-likeness (QED) is 0.773. The molecular formula is C14H12N2O2. The number of esters is 1. The van der Waals surface area contributed by atoms with E-state index in [0.717, 1.165) is 11.1 Å². The minimum absolute atomic E-state index is 0.331. The van der Waals surface area contributed by atoms with Crippen molar-refractivity contribution in [2.75, 3.05) is 7.11 Å². The molecule has 0 bridgehead atoms. The lowest BCUT2D eigenvalue weighted by atomic mass is 10.1. The van der Waals surface area contributed by atoms with Crippen molar-refractivity contribution in [3.63, 3.8) is 0 Å². The molecule has 0 N–H and O–H groups in total. The number of nitrogens with zero attached hydrogens (tertiary/aromatic N) is 2. The van der Waals surface area contributed by atoms with Gasteiger partial charge in [0.25, 0.3) is 0 Å². The number of hydrogen-bond acceptors (Lipinski definition) is 4. The van der Waals surface area contributed by atoms with Crippen LogP contribution in [-0.2, 0) is 4.74 Å². The van der Waals surface area contributed by atoms with Crippen molar-refractivity contribution in [1.82, 2.24) is 9.97 Å². The predicted molar refractivity (Wildman–Crippen MR) is 68.7 cm³/mol. The van der Waals surface area contributed by atoms with Crippen LogP contribution in [-0.4, -0.2) is 23.0 Å². The fourth-order valence-electron chi connectivity index (χ4n) is 1.44. The Morgan fingerprint density at radius 3 is 2.28 bits per heavy atom. The van der Waals surface area contributed by atoms with Crippen LogP contribution < -0.4 is 0 Å². The molecule has 1 aromatic carbocycles. The summed E-state index contributed by atoms with van der Waals surface area (Å²) in [4.78, 5) is 19.1. The number of carbonyl (C=O) groups excluding carboxylic acids is 1. The van der Waals surface area contributed by atoms with Crippen molar-refractivity contribution < 1.29 is 9.53 Å². The number of benzene rings is 1. The zero-order valence-electron chi connectivity index (χ0n) is 9.91. The maximum atomic E-state index is 11.2. The molecule has 0 aliphatic carbocycles. The lowest BCUT2D eigenvalue weighted by Crippen LogP contribution is -2.00. The molecule has 0 atom stereocenters. The maximum Gasteiger partial charge on any atom is 0.337 e. The molecule has 0 saturated heterocycles. The Kier molecular flexibility index (Phi) is 3.81. The van der Waals surface area contributed by atoms with Crippen LogP contribution >= 0.6 is 0 Å². The Morgan fingerprint density at radius 2 is 1.67 bits per heavy atom. The largest absolute Gasteiger partial charge is 0.465 e. The van der Waals surface area contributed by atoms with E-state index in [1.165, 1.54) is 13.4 Å². The van der Waals surface area contributed by atoms with Crippen LogP contribution in [0.25, 0.3) is 12.2 Å². The molecule has 1 aromatic heterocycles. The molecule has 2 rings (SSSR count). The van der Waals surface area contributed by atoms with E-state index in [-0.39, 0.29) is 5.97 Å². The zero-order chi connectivity index (χ0) is 12.8. The minimum Gasteiger partial charge on any atom is -0.465 e. The molecule has 4 nitrogen and oxygen atoms in total. The number of carbonyl (C=O) groups is 1. The van der Waals surface area contributed by atoms with Crippen LogP contribution in [0.2, 0.25) is 0 Å². The Bertz CT molecular complexity index is 548. The van der Waals surface area contributed by atoms with Crippen LogP contribution in [0.1, 0.15) is 21.5 Å². The van der Waals surface area contributed by atoms with Crippen molar-refractivity contribution in [1.29, 1.82) is 0 Å². The molecule has 0 radical (unpaired) electrons. The normalized spacial score (nSPS) is 10.5. The molecule has 4 heteroatoms. The van der Waals surface area contributed by atoms with Crippen molar-refractivity contribution in [2.24, 2.45) is 0 Å². The van der Waals surface area contributed by atoms with E-state index < -0.39 is 0 Å². The SMILES string of the molecule is COC(=O)c1ccc(/C=C/c2cncnc2)cc1. The van der Waals surface area contributed by atoms with E-state index in [4.69, 9.17) is 0 Å². The molecule has 0 unspecified atom stereocenters. The van der Waals surface area contributed by atoms with E-state index >= 15 is 0 Å². The first-order valence-corrected chi connectivity index (χ1v) is 5.41. The molecule has 0 spiro atoms. The van der Waals surface area contributed by atoms with Crippen molar-refractivity contribution in [3.8, 4) is 0 Å². The predicted octanol–water partition coefficient (Wildman–Crippen LogP) is 2.43. The second-order valence-electron chi connectivity index (χ2n) is 3.62. The number of ether oxygens (including phenoxy) is 1. The third-order valence-electron chi connectivity index (χ3n) is 2.38. The molecular weight excluding hydrogens is 228 g/mol. The highest BCUT2D eigenvalue weighted by Gasteiger charge is 2.02. The molecule has 2 aromatic rings. The molecule has 0 fully saturated rings. The van der Waals surface area contributed by atoms with Crippen LogP contribution in [0.15, 0.2) is 43.0 Å². The third kappa shape index (κ3) is 3.01. The number of rotatable bonds is 3. The Hall–Kier alpha value is -2.49. The van der Waals surface area contributed by atoms with Crippen molar-refractivity contribution >= 4 is 18.1 Å². The standard InChI is InChI=1S/C14H12N2O2/c1-18-14(17)13-6-4-11(5-7-13)2-3-12-8-15-10-16-9-12/h2-10H,1H3/b3-2+. The Balaban J connectivity index is 2.11. The van der Waals surface area contributed by atoms with Gasteiger partial charge in [-0.25, -0.2) is 14.8 Å². The Morgan fingerprint density at radius 1 is 1.06 bits per heavy atom. The average Bonchev–Trinajstić information content (AvgIpc) is 2.46. The van der Waals surface area contributed by atoms with Crippen LogP contribution in [0.5, 0.6) is 0 Å².